The van der Waals surface area contributed by atoms with Crippen LogP contribution in [0.15, 0.2) is 65.6 Å². The van der Waals surface area contributed by atoms with Crippen LogP contribution in [0.1, 0.15) is 21.5 Å². The minimum atomic E-state index is -1.50. The summed E-state index contributed by atoms with van der Waals surface area (Å²) in [6.45, 7) is 0.0954. The number of anilines is 1. The van der Waals surface area contributed by atoms with Gasteiger partial charge in [0.25, 0.3) is 11.8 Å². The summed E-state index contributed by atoms with van der Waals surface area (Å²) >= 11 is 1.46. The highest BCUT2D eigenvalue weighted by Gasteiger charge is 2.50. The second kappa shape index (κ2) is 8.20. The monoisotopic (exact) mass is 502 g/mol. The van der Waals surface area contributed by atoms with Gasteiger partial charge in [-0.1, -0.05) is 42.5 Å². The number of amides is 5. The van der Waals surface area contributed by atoms with E-state index in [0.29, 0.717) is 16.9 Å². The van der Waals surface area contributed by atoms with Crippen molar-refractivity contribution in [2.45, 2.75) is 17.0 Å². The average molecular weight is 503 g/mol. The Morgan fingerprint density at radius 1 is 0.944 bits per heavy atom. The largest absolute Gasteiger partial charge is 0.331 e. The van der Waals surface area contributed by atoms with Crippen molar-refractivity contribution in [1.29, 1.82) is 0 Å². The Hall–Kier alpha value is -4.18. The van der Waals surface area contributed by atoms with Crippen LogP contribution in [0.4, 0.5) is 14.9 Å². The number of nitrogens with one attached hydrogen (secondary N) is 3. The van der Waals surface area contributed by atoms with E-state index in [2.05, 4.69) is 16.0 Å². The molecule has 8 nitrogen and oxygen atoms in total. The summed E-state index contributed by atoms with van der Waals surface area (Å²) < 4.78 is 13.7. The zero-order chi connectivity index (χ0) is 25.0. The third-order valence-corrected chi connectivity index (χ3v) is 7.78. The first-order chi connectivity index (χ1) is 17.3. The minimum absolute atomic E-state index is 0.0497. The fraction of sp³-hybridized carbons (Fsp3) is 0.154. The molecule has 0 saturated carbocycles. The van der Waals surface area contributed by atoms with Gasteiger partial charge in [0.05, 0.1) is 18.0 Å². The second-order valence-corrected chi connectivity index (χ2v) is 9.86. The van der Waals surface area contributed by atoms with E-state index in [0.717, 1.165) is 21.7 Å². The normalized spacial score (nSPS) is 20.5. The van der Waals surface area contributed by atoms with Gasteiger partial charge in [0, 0.05) is 17.0 Å². The summed E-state index contributed by atoms with van der Waals surface area (Å²) in [5.41, 5.74) is 2.49. The van der Waals surface area contributed by atoms with Gasteiger partial charge in [-0.25, -0.2) is 9.18 Å². The molecule has 0 aromatic heterocycles. The number of urea groups is 1. The Morgan fingerprint density at radius 2 is 1.75 bits per heavy atom. The molecule has 0 spiro atoms. The maximum absolute atomic E-state index is 13.7. The molecule has 3 N–H and O–H groups in total. The highest BCUT2D eigenvalue weighted by molar-refractivity contribution is 8.00. The van der Waals surface area contributed by atoms with Crippen molar-refractivity contribution in [3.05, 3.63) is 83.2 Å². The lowest BCUT2D eigenvalue weighted by Crippen LogP contribution is -2.52. The molecule has 3 heterocycles. The van der Waals surface area contributed by atoms with Crippen LogP contribution in [0.5, 0.6) is 0 Å². The predicted molar refractivity (Wildman–Crippen MR) is 131 cm³/mol. The Labute approximate surface area is 209 Å². The predicted octanol–water partition coefficient (Wildman–Crippen LogP) is 3.23. The van der Waals surface area contributed by atoms with Gasteiger partial charge in [0.1, 0.15) is 5.82 Å². The van der Waals surface area contributed by atoms with Gasteiger partial charge in [0.15, 0.2) is 5.54 Å². The number of hydrogen-bond acceptors (Lipinski definition) is 5. The first-order valence-electron chi connectivity index (χ1n) is 11.2. The van der Waals surface area contributed by atoms with Gasteiger partial charge >= 0.3 is 6.03 Å². The van der Waals surface area contributed by atoms with Crippen LogP contribution >= 0.6 is 11.8 Å². The summed E-state index contributed by atoms with van der Waals surface area (Å²) in [5.74, 6) is -1.20. The maximum atomic E-state index is 13.7. The molecule has 0 bridgehead atoms. The average Bonchev–Trinajstić information content (AvgIpc) is 3.33. The number of thioether (sulfide) groups is 1. The molecule has 3 aromatic carbocycles. The van der Waals surface area contributed by atoms with Gasteiger partial charge in [-0.15, -0.1) is 11.8 Å². The standard InChI is InChI=1S/C26H19FN4O4S/c27-17-9-6-15-11-31(23(33)19(15)10-17)13-26(24(34)29-25(35)30-26)16-7-4-14(5-8-16)18-2-1-3-20-22(18)36-12-21(32)28-20/h1-10H,11-13H2,(H,28,32)(H2,29,30,34,35)/t26-/m0/s1. The summed E-state index contributed by atoms with van der Waals surface area (Å²) in [6.07, 6.45) is 0. The molecule has 3 aromatic rings. The number of hydrogen-bond donors (Lipinski definition) is 3. The van der Waals surface area contributed by atoms with Crippen LogP contribution in [0.25, 0.3) is 11.1 Å². The second-order valence-electron chi connectivity index (χ2n) is 8.87. The molecule has 0 unspecified atom stereocenters. The van der Waals surface area contributed by atoms with E-state index >= 15 is 0 Å². The number of carbonyl (C=O) groups excluding carboxylic acids is 4. The van der Waals surface area contributed by atoms with Crippen molar-refractivity contribution in [1.82, 2.24) is 15.5 Å². The van der Waals surface area contributed by atoms with Gasteiger partial charge in [-0.3, -0.25) is 19.7 Å². The molecule has 1 atom stereocenters. The lowest BCUT2D eigenvalue weighted by Gasteiger charge is -2.31. The summed E-state index contributed by atoms with van der Waals surface area (Å²) in [5, 5.41) is 7.88. The molecule has 0 radical (unpaired) electrons. The summed E-state index contributed by atoms with van der Waals surface area (Å²) in [6, 6.07) is 16.2. The third kappa shape index (κ3) is 3.53. The maximum Gasteiger partial charge on any atom is 0.322 e. The van der Waals surface area contributed by atoms with Gasteiger partial charge < -0.3 is 15.5 Å². The van der Waals surface area contributed by atoms with Crippen LogP contribution < -0.4 is 16.0 Å². The number of halogens is 1. The first kappa shape index (κ1) is 22.3. The van der Waals surface area contributed by atoms with Crippen molar-refractivity contribution >= 4 is 41.2 Å². The SMILES string of the molecule is O=C1CSc2c(cccc2-c2ccc([C@]3(CN4Cc5ccc(F)cc5C4=O)NC(=O)NC3=O)cc2)N1. The molecular formula is C26H19FN4O4S. The van der Waals surface area contributed by atoms with Crippen molar-refractivity contribution in [2.75, 3.05) is 17.6 Å². The summed E-state index contributed by atoms with van der Waals surface area (Å²) in [7, 11) is 0. The smallest absolute Gasteiger partial charge is 0.322 e. The van der Waals surface area contributed by atoms with Crippen molar-refractivity contribution < 1.29 is 23.6 Å². The molecule has 3 aliphatic heterocycles. The van der Waals surface area contributed by atoms with Crippen LogP contribution in [-0.4, -0.2) is 41.0 Å². The van der Waals surface area contributed by atoms with Crippen molar-refractivity contribution in [2.24, 2.45) is 0 Å². The number of fused-ring (bicyclic) bond motifs is 2. The van der Waals surface area contributed by atoms with E-state index in [4.69, 9.17) is 0 Å². The fourth-order valence-corrected chi connectivity index (χ4v) is 5.89. The number of nitrogens with zero attached hydrogens (tertiary/aromatic N) is 1. The van der Waals surface area contributed by atoms with Crippen LogP contribution in [0.3, 0.4) is 0 Å². The molecule has 5 amide bonds. The van der Waals surface area contributed by atoms with Gasteiger partial charge in [-0.2, -0.15) is 0 Å². The van der Waals surface area contributed by atoms with E-state index in [1.54, 1.807) is 18.2 Å². The van der Waals surface area contributed by atoms with E-state index in [1.165, 1.54) is 28.8 Å². The quantitative estimate of drug-likeness (QED) is 0.475. The highest BCUT2D eigenvalue weighted by Crippen LogP contribution is 2.40. The molecular weight excluding hydrogens is 483 g/mol. The van der Waals surface area contributed by atoms with E-state index in [1.807, 2.05) is 30.3 Å². The Morgan fingerprint density at radius 3 is 2.50 bits per heavy atom. The third-order valence-electron chi connectivity index (χ3n) is 6.65. The number of benzene rings is 3. The molecule has 1 saturated heterocycles. The molecule has 3 aliphatic rings. The lowest BCUT2D eigenvalue weighted by atomic mass is 9.88. The zero-order valence-corrected chi connectivity index (χ0v) is 19.6. The van der Waals surface area contributed by atoms with Crippen LogP contribution in [0, 0.1) is 5.82 Å². The van der Waals surface area contributed by atoms with Gasteiger partial charge in [-0.05, 0) is 40.5 Å². The first-order valence-corrected chi connectivity index (χ1v) is 12.2. The van der Waals surface area contributed by atoms with Crippen molar-refractivity contribution in [3.8, 4) is 11.1 Å². The topological polar surface area (TPSA) is 108 Å². The molecule has 0 aliphatic carbocycles. The molecule has 180 valence electrons. The number of rotatable bonds is 4. The fourth-order valence-electron chi connectivity index (χ4n) is 4.92. The van der Waals surface area contributed by atoms with Crippen LogP contribution in [-0.2, 0) is 21.7 Å². The summed E-state index contributed by atoms with van der Waals surface area (Å²) in [4.78, 5) is 52.4. The van der Waals surface area contributed by atoms with Crippen molar-refractivity contribution in [3.63, 3.8) is 0 Å². The van der Waals surface area contributed by atoms with E-state index in [9.17, 15) is 23.6 Å². The number of imide groups is 1. The lowest BCUT2D eigenvalue weighted by molar-refractivity contribution is -0.124. The Kier molecular flexibility index (Phi) is 5.08. The zero-order valence-electron chi connectivity index (χ0n) is 18.8. The van der Waals surface area contributed by atoms with E-state index in [-0.39, 0.29) is 24.6 Å². The molecule has 10 heteroatoms. The van der Waals surface area contributed by atoms with Crippen LogP contribution in [0.2, 0.25) is 0 Å². The molecule has 1 fully saturated rings. The number of carbonyl (C=O) groups is 4. The minimum Gasteiger partial charge on any atom is -0.331 e. The Balaban J connectivity index is 1.34. The van der Waals surface area contributed by atoms with E-state index < -0.39 is 29.2 Å². The Bertz CT molecular complexity index is 1480. The molecule has 36 heavy (non-hydrogen) atoms. The highest BCUT2D eigenvalue weighted by atomic mass is 32.2. The molecule has 6 rings (SSSR count). The van der Waals surface area contributed by atoms with Gasteiger partial charge in [0.2, 0.25) is 5.91 Å².